The number of anilines is 1. The lowest BCUT2D eigenvalue weighted by molar-refractivity contribution is -0.136. The molecule has 32 heavy (non-hydrogen) atoms. The number of rotatable bonds is 6. The Labute approximate surface area is 181 Å². The van der Waals surface area contributed by atoms with Crippen molar-refractivity contribution in [3.63, 3.8) is 0 Å². The molecular weight excluding hydrogens is 414 g/mol. The van der Waals surface area contributed by atoms with E-state index in [1.54, 1.807) is 24.4 Å². The number of hydrogen-bond donors (Lipinski definition) is 3. The van der Waals surface area contributed by atoms with Gasteiger partial charge in [0.05, 0.1) is 35.5 Å². The Morgan fingerprint density at radius 3 is 2.47 bits per heavy atom. The van der Waals surface area contributed by atoms with Gasteiger partial charge in [0.2, 0.25) is 0 Å². The summed E-state index contributed by atoms with van der Waals surface area (Å²) in [5, 5.41) is 21.4. The van der Waals surface area contributed by atoms with Gasteiger partial charge in [0.25, 0.3) is 17.7 Å². The fourth-order valence-electron chi connectivity index (χ4n) is 3.39. The number of carbonyl (C=O) groups is 4. The number of aliphatic carboxylic acids is 1. The second-order valence-electron chi connectivity index (χ2n) is 7.15. The van der Waals surface area contributed by atoms with Crippen LogP contribution in [-0.4, -0.2) is 43.8 Å². The molecule has 4 rings (SSSR count). The topological polar surface area (TPSA) is 137 Å². The van der Waals surface area contributed by atoms with Crippen molar-refractivity contribution in [2.75, 3.05) is 5.32 Å². The van der Waals surface area contributed by atoms with Gasteiger partial charge < -0.3 is 15.5 Å². The van der Waals surface area contributed by atoms with Gasteiger partial charge in [-0.15, -0.1) is 0 Å². The molecule has 3 N–H and O–H groups in total. The number of fused-ring (bicyclic) bond motifs is 1. The first kappa shape index (κ1) is 20.7. The number of aromatic nitrogens is 1. The molecule has 3 aromatic rings. The molecule has 3 amide bonds. The molecule has 2 aromatic carbocycles. The quantitative estimate of drug-likeness (QED) is 0.403. The predicted molar refractivity (Wildman–Crippen MR) is 112 cm³/mol. The van der Waals surface area contributed by atoms with E-state index in [1.807, 2.05) is 0 Å². The maximum absolute atomic E-state index is 12.8. The predicted octanol–water partition coefficient (Wildman–Crippen LogP) is 2.46. The molecule has 0 saturated heterocycles. The fourth-order valence-corrected chi connectivity index (χ4v) is 3.39. The number of imide groups is 1. The zero-order valence-electron chi connectivity index (χ0n) is 16.6. The molecule has 2 heterocycles. The van der Waals surface area contributed by atoms with Crippen molar-refractivity contribution in [2.45, 2.75) is 13.0 Å². The van der Waals surface area contributed by atoms with Crippen molar-refractivity contribution in [3.8, 4) is 5.75 Å². The van der Waals surface area contributed by atoms with E-state index < -0.39 is 23.7 Å². The lowest BCUT2D eigenvalue weighted by Gasteiger charge is -2.12. The summed E-state index contributed by atoms with van der Waals surface area (Å²) in [6.07, 6.45) is 1.29. The molecule has 0 aliphatic carbocycles. The number of nitrogens with one attached hydrogen (secondary N) is 1. The van der Waals surface area contributed by atoms with E-state index in [-0.39, 0.29) is 41.1 Å². The number of carboxylic acids is 1. The van der Waals surface area contributed by atoms with Crippen LogP contribution < -0.4 is 5.32 Å². The Kier molecular flexibility index (Phi) is 5.38. The third-order valence-corrected chi connectivity index (χ3v) is 4.94. The van der Waals surface area contributed by atoms with Crippen LogP contribution in [0, 0.1) is 0 Å². The van der Waals surface area contributed by atoms with Crippen LogP contribution in [0.5, 0.6) is 5.75 Å². The normalized spacial score (nSPS) is 12.6. The SMILES string of the molecule is O=C(O)Cc1ccc(O)c(NC(=O)c2ccc3c(c2)C(=O)N(Cc2ccccn2)C3=O)c1. The van der Waals surface area contributed by atoms with E-state index >= 15 is 0 Å². The van der Waals surface area contributed by atoms with Gasteiger partial charge in [-0.25, -0.2) is 0 Å². The van der Waals surface area contributed by atoms with Crippen LogP contribution in [0.2, 0.25) is 0 Å². The molecule has 0 radical (unpaired) electrons. The van der Waals surface area contributed by atoms with Gasteiger partial charge in [0, 0.05) is 11.8 Å². The van der Waals surface area contributed by atoms with Crippen LogP contribution >= 0.6 is 0 Å². The van der Waals surface area contributed by atoms with E-state index in [9.17, 15) is 24.3 Å². The van der Waals surface area contributed by atoms with Crippen molar-refractivity contribution in [2.24, 2.45) is 0 Å². The third-order valence-electron chi connectivity index (χ3n) is 4.94. The zero-order valence-corrected chi connectivity index (χ0v) is 16.6. The van der Waals surface area contributed by atoms with Crippen molar-refractivity contribution in [1.29, 1.82) is 0 Å². The second-order valence-corrected chi connectivity index (χ2v) is 7.15. The monoisotopic (exact) mass is 431 g/mol. The number of phenolic OH excluding ortho intramolecular Hbond substituents is 1. The van der Waals surface area contributed by atoms with Crippen LogP contribution in [0.1, 0.15) is 42.3 Å². The first-order valence-electron chi connectivity index (χ1n) is 9.58. The standard InChI is InChI=1S/C23H17N3O6/c27-19-7-4-13(10-20(28)29)9-18(19)25-21(30)14-5-6-16-17(11-14)23(32)26(22(16)31)12-15-3-1-2-8-24-15/h1-9,11,27H,10,12H2,(H,25,30)(H,28,29). The minimum absolute atomic E-state index is 0.0129. The molecule has 9 heteroatoms. The van der Waals surface area contributed by atoms with Crippen LogP contribution in [-0.2, 0) is 17.8 Å². The number of carboxylic acid groups (broad SMARTS) is 1. The number of amides is 3. The molecule has 1 aliphatic rings. The van der Waals surface area contributed by atoms with Gasteiger partial charge in [-0.1, -0.05) is 12.1 Å². The molecule has 9 nitrogen and oxygen atoms in total. The number of carbonyl (C=O) groups excluding carboxylic acids is 3. The minimum atomic E-state index is -1.05. The van der Waals surface area contributed by atoms with Gasteiger partial charge >= 0.3 is 5.97 Å². The summed E-state index contributed by atoms with van der Waals surface area (Å²) in [5.41, 5.74) is 1.37. The highest BCUT2D eigenvalue weighted by Gasteiger charge is 2.36. The highest BCUT2D eigenvalue weighted by atomic mass is 16.4. The van der Waals surface area contributed by atoms with E-state index in [4.69, 9.17) is 5.11 Å². The first-order valence-corrected chi connectivity index (χ1v) is 9.58. The second kappa shape index (κ2) is 8.31. The van der Waals surface area contributed by atoms with Gasteiger partial charge in [-0.05, 0) is 48.0 Å². The number of phenols is 1. The summed E-state index contributed by atoms with van der Waals surface area (Å²) in [7, 11) is 0. The summed E-state index contributed by atoms with van der Waals surface area (Å²) in [5.74, 6) is -2.91. The highest BCUT2D eigenvalue weighted by Crippen LogP contribution is 2.28. The molecule has 1 aromatic heterocycles. The lowest BCUT2D eigenvalue weighted by Crippen LogP contribution is -2.29. The first-order chi connectivity index (χ1) is 15.3. The maximum atomic E-state index is 12.8. The van der Waals surface area contributed by atoms with Gasteiger partial charge in [-0.3, -0.25) is 29.1 Å². The number of aromatic hydroxyl groups is 1. The summed E-state index contributed by atoms with van der Waals surface area (Å²) in [6.45, 7) is 0.0129. The average Bonchev–Trinajstić information content (AvgIpc) is 3.01. The molecular formula is C23H17N3O6. The Morgan fingerprint density at radius 2 is 1.75 bits per heavy atom. The zero-order chi connectivity index (χ0) is 22.8. The van der Waals surface area contributed by atoms with Crippen LogP contribution in [0.15, 0.2) is 60.8 Å². The van der Waals surface area contributed by atoms with E-state index in [0.717, 1.165) is 4.90 Å². The number of nitrogens with zero attached hydrogens (tertiary/aromatic N) is 2. The number of benzene rings is 2. The van der Waals surface area contributed by atoms with E-state index in [1.165, 1.54) is 36.4 Å². The Balaban J connectivity index is 1.56. The molecule has 0 unspecified atom stereocenters. The Morgan fingerprint density at radius 1 is 0.969 bits per heavy atom. The summed E-state index contributed by atoms with van der Waals surface area (Å²) < 4.78 is 0. The van der Waals surface area contributed by atoms with Crippen molar-refractivity contribution >= 4 is 29.4 Å². The van der Waals surface area contributed by atoms with Gasteiger partial charge in [0.1, 0.15) is 5.75 Å². The van der Waals surface area contributed by atoms with Crippen LogP contribution in [0.25, 0.3) is 0 Å². The molecule has 0 bridgehead atoms. The third kappa shape index (κ3) is 4.04. The number of hydrogen-bond acceptors (Lipinski definition) is 6. The summed E-state index contributed by atoms with van der Waals surface area (Å²) >= 11 is 0. The molecule has 0 atom stereocenters. The fraction of sp³-hybridized carbons (Fsp3) is 0.0870. The van der Waals surface area contributed by atoms with Crippen LogP contribution in [0.4, 0.5) is 5.69 Å². The summed E-state index contributed by atoms with van der Waals surface area (Å²) in [4.78, 5) is 54.2. The highest BCUT2D eigenvalue weighted by molar-refractivity contribution is 6.22. The summed E-state index contributed by atoms with van der Waals surface area (Å²) in [6, 6.07) is 13.4. The average molecular weight is 431 g/mol. The van der Waals surface area contributed by atoms with Gasteiger partial charge in [0.15, 0.2) is 0 Å². The van der Waals surface area contributed by atoms with Gasteiger partial charge in [-0.2, -0.15) is 0 Å². The van der Waals surface area contributed by atoms with Crippen molar-refractivity contribution in [1.82, 2.24) is 9.88 Å². The van der Waals surface area contributed by atoms with Crippen molar-refractivity contribution < 1.29 is 29.4 Å². The van der Waals surface area contributed by atoms with Crippen molar-refractivity contribution in [3.05, 3.63) is 88.7 Å². The van der Waals surface area contributed by atoms with E-state index in [2.05, 4.69) is 10.3 Å². The molecule has 0 spiro atoms. The minimum Gasteiger partial charge on any atom is -0.506 e. The molecule has 0 fully saturated rings. The van der Waals surface area contributed by atoms with Crippen LogP contribution in [0.3, 0.4) is 0 Å². The molecule has 1 aliphatic heterocycles. The largest absolute Gasteiger partial charge is 0.506 e. The Hall–Kier alpha value is -4.53. The maximum Gasteiger partial charge on any atom is 0.307 e. The molecule has 0 saturated carbocycles. The lowest BCUT2D eigenvalue weighted by atomic mass is 10.0. The Bertz CT molecular complexity index is 1260. The number of pyridine rings is 1. The van der Waals surface area contributed by atoms with E-state index in [0.29, 0.717) is 11.3 Å². The smallest absolute Gasteiger partial charge is 0.307 e. The molecule has 160 valence electrons.